The summed E-state index contributed by atoms with van der Waals surface area (Å²) in [5, 5.41) is 0.170. The maximum Gasteiger partial charge on any atom is 0.269 e. The minimum absolute atomic E-state index is 0.170. The van der Waals surface area contributed by atoms with Gasteiger partial charge in [0.15, 0.2) is 5.15 Å². The highest BCUT2D eigenvalue weighted by Crippen LogP contribution is 2.14. The molecule has 0 saturated heterocycles. The lowest BCUT2D eigenvalue weighted by Crippen LogP contribution is -2.21. The number of halogens is 2. The van der Waals surface area contributed by atoms with E-state index in [4.69, 9.17) is 16.0 Å². The van der Waals surface area contributed by atoms with Crippen molar-refractivity contribution in [1.82, 2.24) is 9.55 Å². The summed E-state index contributed by atoms with van der Waals surface area (Å²) in [6.07, 6.45) is 4.54. The molecule has 2 aromatic heterocycles. The third-order valence-corrected chi connectivity index (χ3v) is 3.10. The fraction of sp³-hybridized carbons (Fsp3) is 0.111. The molecule has 0 N–H and O–H groups in total. The van der Waals surface area contributed by atoms with Crippen LogP contribution in [0.3, 0.4) is 0 Å². The Morgan fingerprint density at radius 2 is 2.40 bits per heavy atom. The minimum Gasteiger partial charge on any atom is -0.472 e. The third kappa shape index (κ3) is 2.13. The molecule has 0 fully saturated rings. The summed E-state index contributed by atoms with van der Waals surface area (Å²) in [7, 11) is 0. The van der Waals surface area contributed by atoms with Crippen LogP contribution in [0.2, 0.25) is 5.15 Å². The van der Waals surface area contributed by atoms with Crippen LogP contribution in [0.5, 0.6) is 0 Å². The first-order valence-corrected chi connectivity index (χ1v) is 5.27. The van der Waals surface area contributed by atoms with Crippen molar-refractivity contribution in [3.05, 3.63) is 50.5 Å². The van der Waals surface area contributed by atoms with E-state index in [0.717, 1.165) is 5.56 Å². The molecular weight excluding hydrogens is 283 g/mol. The summed E-state index contributed by atoms with van der Waals surface area (Å²) in [5.74, 6) is 0. The molecule has 4 nitrogen and oxygen atoms in total. The predicted molar refractivity (Wildman–Crippen MR) is 59.0 cm³/mol. The highest BCUT2D eigenvalue weighted by molar-refractivity contribution is 9.10. The van der Waals surface area contributed by atoms with Crippen molar-refractivity contribution in [3.63, 3.8) is 0 Å². The minimum atomic E-state index is -0.212. The van der Waals surface area contributed by atoms with Gasteiger partial charge in [0, 0.05) is 5.56 Å². The molecule has 78 valence electrons. The van der Waals surface area contributed by atoms with Gasteiger partial charge in [-0.2, -0.15) is 0 Å². The fourth-order valence-corrected chi connectivity index (χ4v) is 1.59. The van der Waals surface area contributed by atoms with E-state index in [1.165, 1.54) is 10.9 Å². The van der Waals surface area contributed by atoms with Gasteiger partial charge in [0.1, 0.15) is 4.47 Å². The van der Waals surface area contributed by atoms with E-state index in [9.17, 15) is 4.79 Å². The van der Waals surface area contributed by atoms with Gasteiger partial charge >= 0.3 is 0 Å². The molecule has 6 heteroatoms. The predicted octanol–water partition coefficient (Wildman–Crippen LogP) is 2.30. The Balaban J connectivity index is 2.38. The van der Waals surface area contributed by atoms with E-state index < -0.39 is 0 Å². The van der Waals surface area contributed by atoms with Gasteiger partial charge in [-0.15, -0.1) is 0 Å². The van der Waals surface area contributed by atoms with E-state index in [-0.39, 0.29) is 15.2 Å². The second-order valence-electron chi connectivity index (χ2n) is 2.91. The summed E-state index contributed by atoms with van der Waals surface area (Å²) in [4.78, 5) is 15.5. The van der Waals surface area contributed by atoms with Crippen LogP contribution in [0, 0.1) is 0 Å². The Hall–Kier alpha value is -1.07. The topological polar surface area (TPSA) is 48.0 Å². The van der Waals surface area contributed by atoms with E-state index in [2.05, 4.69) is 20.9 Å². The summed E-state index contributed by atoms with van der Waals surface area (Å²) in [6.45, 7) is 0.415. The molecule has 0 amide bonds. The third-order valence-electron chi connectivity index (χ3n) is 1.87. The highest BCUT2D eigenvalue weighted by Gasteiger charge is 2.07. The van der Waals surface area contributed by atoms with Crippen LogP contribution in [0.15, 0.2) is 38.6 Å². The average Bonchev–Trinajstić information content (AvgIpc) is 2.72. The molecule has 0 aromatic carbocycles. The monoisotopic (exact) mass is 288 g/mol. The van der Waals surface area contributed by atoms with Crippen molar-refractivity contribution in [2.24, 2.45) is 0 Å². The zero-order valence-corrected chi connectivity index (χ0v) is 9.83. The molecule has 0 aliphatic heterocycles. The van der Waals surface area contributed by atoms with Crippen molar-refractivity contribution in [2.75, 3.05) is 0 Å². The number of hydrogen-bond donors (Lipinski definition) is 0. The van der Waals surface area contributed by atoms with Crippen LogP contribution < -0.4 is 5.56 Å². The lowest BCUT2D eigenvalue weighted by Gasteiger charge is -2.03. The Bertz CT molecular complexity index is 521. The van der Waals surface area contributed by atoms with Crippen molar-refractivity contribution >= 4 is 27.5 Å². The summed E-state index contributed by atoms with van der Waals surface area (Å²) < 4.78 is 6.63. The maximum absolute atomic E-state index is 11.7. The van der Waals surface area contributed by atoms with Gasteiger partial charge < -0.3 is 4.42 Å². The van der Waals surface area contributed by atoms with Gasteiger partial charge in [0.05, 0.1) is 25.4 Å². The zero-order valence-electron chi connectivity index (χ0n) is 7.48. The molecular formula is C9H6BrClN2O2. The van der Waals surface area contributed by atoms with Gasteiger partial charge in [0.2, 0.25) is 0 Å². The van der Waals surface area contributed by atoms with Crippen molar-refractivity contribution in [1.29, 1.82) is 0 Å². The van der Waals surface area contributed by atoms with E-state index in [0.29, 0.717) is 6.54 Å². The van der Waals surface area contributed by atoms with Crippen LogP contribution in [-0.2, 0) is 6.54 Å². The standard InChI is InChI=1S/C9H6BrClN2O2/c10-7-8(11)12-5-13(9(7)14)3-6-1-2-15-4-6/h1-2,4-5H,3H2. The fourth-order valence-electron chi connectivity index (χ4n) is 1.14. The van der Waals surface area contributed by atoms with Gasteiger partial charge in [0.25, 0.3) is 5.56 Å². The van der Waals surface area contributed by atoms with Gasteiger partial charge in [-0.25, -0.2) is 4.98 Å². The first kappa shape index (κ1) is 10.4. The molecule has 0 spiro atoms. The maximum atomic E-state index is 11.7. The van der Waals surface area contributed by atoms with Crippen LogP contribution in [0.25, 0.3) is 0 Å². The molecule has 2 heterocycles. The Labute approximate surface area is 98.6 Å². The Morgan fingerprint density at radius 1 is 1.60 bits per heavy atom. The van der Waals surface area contributed by atoms with E-state index >= 15 is 0 Å². The first-order valence-electron chi connectivity index (χ1n) is 4.10. The second kappa shape index (κ2) is 4.20. The number of rotatable bonds is 2. The largest absolute Gasteiger partial charge is 0.472 e. The molecule has 15 heavy (non-hydrogen) atoms. The van der Waals surface area contributed by atoms with Crippen molar-refractivity contribution in [3.8, 4) is 0 Å². The number of aromatic nitrogens is 2. The van der Waals surface area contributed by atoms with Gasteiger partial charge in [-0.05, 0) is 22.0 Å². The lowest BCUT2D eigenvalue weighted by molar-refractivity contribution is 0.561. The van der Waals surface area contributed by atoms with Gasteiger partial charge in [-0.1, -0.05) is 11.6 Å². The second-order valence-corrected chi connectivity index (χ2v) is 4.07. The Morgan fingerprint density at radius 3 is 3.07 bits per heavy atom. The zero-order chi connectivity index (χ0) is 10.8. The smallest absolute Gasteiger partial charge is 0.269 e. The van der Waals surface area contributed by atoms with Crippen LogP contribution in [0.1, 0.15) is 5.56 Å². The summed E-state index contributed by atoms with van der Waals surface area (Å²) >= 11 is 8.76. The molecule has 0 saturated carbocycles. The van der Waals surface area contributed by atoms with Crippen molar-refractivity contribution < 1.29 is 4.42 Å². The molecule has 0 atom stereocenters. The van der Waals surface area contributed by atoms with E-state index in [1.807, 2.05) is 0 Å². The van der Waals surface area contributed by atoms with Crippen LogP contribution in [0.4, 0.5) is 0 Å². The van der Waals surface area contributed by atoms with Crippen LogP contribution in [-0.4, -0.2) is 9.55 Å². The molecule has 0 aliphatic carbocycles. The quantitative estimate of drug-likeness (QED) is 0.797. The Kier molecular flexibility index (Phi) is 2.93. The summed E-state index contributed by atoms with van der Waals surface area (Å²) in [5.41, 5.74) is 0.685. The SMILES string of the molecule is O=c1c(Br)c(Cl)ncn1Cc1ccoc1. The highest BCUT2D eigenvalue weighted by atomic mass is 79.9. The van der Waals surface area contributed by atoms with Crippen molar-refractivity contribution in [2.45, 2.75) is 6.54 Å². The van der Waals surface area contributed by atoms with E-state index in [1.54, 1.807) is 18.6 Å². The molecule has 2 aromatic rings. The molecule has 0 aliphatic rings. The molecule has 0 radical (unpaired) electrons. The molecule has 2 rings (SSSR count). The lowest BCUT2D eigenvalue weighted by atomic mass is 10.3. The number of hydrogen-bond acceptors (Lipinski definition) is 3. The number of nitrogens with zero attached hydrogens (tertiary/aromatic N) is 2. The van der Waals surface area contributed by atoms with Gasteiger partial charge in [-0.3, -0.25) is 9.36 Å². The normalized spacial score (nSPS) is 10.5. The van der Waals surface area contributed by atoms with Crippen LogP contribution >= 0.6 is 27.5 Å². The number of furan rings is 1. The average molecular weight is 290 g/mol. The molecule has 0 bridgehead atoms. The molecule has 0 unspecified atom stereocenters. The summed E-state index contributed by atoms with van der Waals surface area (Å²) in [6, 6.07) is 1.79. The first-order chi connectivity index (χ1) is 7.18.